The molecule has 5 atom stereocenters. The Kier molecular flexibility index (Phi) is 5.29. The van der Waals surface area contributed by atoms with Crippen molar-refractivity contribution in [1.82, 2.24) is 19.5 Å². The Balaban J connectivity index is 2.07. The number of fused-ring (bicyclic) bond motifs is 1. The highest BCUT2D eigenvalue weighted by molar-refractivity contribution is 7.32. The summed E-state index contributed by atoms with van der Waals surface area (Å²) in [6.45, 7) is 5.74. The number of aryl methyl sites for hydroxylation is 1. The molecule has 2 aromatic heterocycles. The first-order valence-electron chi connectivity index (χ1n) is 8.38. The molecule has 0 amide bonds. The molecule has 2 N–H and O–H groups in total. The molecule has 3 rings (SSSR count). The second-order valence-corrected chi connectivity index (χ2v) is 6.90. The molecule has 0 saturated carbocycles. The first kappa shape index (κ1) is 18.1. The second-order valence-electron chi connectivity index (χ2n) is 6.21. The number of aromatic amines is 1. The zero-order valence-electron chi connectivity index (χ0n) is 14.4. The highest BCUT2D eigenvalue weighted by Crippen LogP contribution is 2.43. The van der Waals surface area contributed by atoms with Crippen LogP contribution in [0.4, 0.5) is 0 Å². The zero-order chi connectivity index (χ0) is 18.1. The summed E-state index contributed by atoms with van der Waals surface area (Å²) in [5, 5.41) is 0. The maximum Gasteiger partial charge on any atom is 0.695 e. The molecule has 0 spiro atoms. The fourth-order valence-electron chi connectivity index (χ4n) is 3.54. The third kappa shape index (κ3) is 3.37. The Morgan fingerprint density at radius 1 is 1.48 bits per heavy atom. The van der Waals surface area contributed by atoms with E-state index in [1.165, 1.54) is 6.33 Å². The van der Waals surface area contributed by atoms with Crippen molar-refractivity contribution in [3.63, 3.8) is 0 Å². The highest BCUT2D eigenvalue weighted by Gasteiger charge is 2.49. The van der Waals surface area contributed by atoms with Crippen LogP contribution in [0, 0.1) is 12.8 Å². The van der Waals surface area contributed by atoms with E-state index < -0.39 is 20.6 Å². The van der Waals surface area contributed by atoms with E-state index in [2.05, 4.69) is 15.0 Å². The minimum atomic E-state index is -2.78. The lowest BCUT2D eigenvalue weighted by Gasteiger charge is -2.18. The largest absolute Gasteiger partial charge is 0.695 e. The van der Waals surface area contributed by atoms with E-state index >= 15 is 0 Å². The van der Waals surface area contributed by atoms with Gasteiger partial charge in [-0.1, -0.05) is 20.3 Å². The molecule has 0 aromatic carbocycles. The summed E-state index contributed by atoms with van der Waals surface area (Å²) in [7, 11) is -2.78. The summed E-state index contributed by atoms with van der Waals surface area (Å²) in [5.74, 6) is 0.437. The lowest BCUT2D eigenvalue weighted by Crippen LogP contribution is -2.28. The minimum Gasteiger partial charge on any atom is -0.351 e. The number of nitrogens with one attached hydrogen (secondary N) is 1. The number of hydrogen-bond acceptors (Lipinski definition) is 6. The van der Waals surface area contributed by atoms with Crippen molar-refractivity contribution in [3.05, 3.63) is 22.5 Å². The third-order valence-electron chi connectivity index (χ3n) is 4.56. The van der Waals surface area contributed by atoms with Gasteiger partial charge in [-0.2, -0.15) is 0 Å². The van der Waals surface area contributed by atoms with Crippen molar-refractivity contribution in [1.29, 1.82) is 0 Å². The highest BCUT2D eigenvalue weighted by atomic mass is 31.1. The summed E-state index contributed by atoms with van der Waals surface area (Å²) in [5.41, 5.74) is 0.246. The Labute approximate surface area is 145 Å². The van der Waals surface area contributed by atoms with Crippen molar-refractivity contribution >= 4 is 19.4 Å². The number of imidazole rings is 1. The molecule has 3 heterocycles. The van der Waals surface area contributed by atoms with Gasteiger partial charge in [-0.05, 0) is 19.8 Å². The summed E-state index contributed by atoms with van der Waals surface area (Å²) < 4.78 is 24.4. The zero-order valence-corrected chi connectivity index (χ0v) is 15.3. The van der Waals surface area contributed by atoms with E-state index in [9.17, 15) is 14.3 Å². The van der Waals surface area contributed by atoms with Crippen LogP contribution in [0.3, 0.4) is 0 Å². The molecule has 0 aliphatic carbocycles. The molecule has 1 fully saturated rings. The summed E-state index contributed by atoms with van der Waals surface area (Å²) in [6.07, 6.45) is 2.56. The smallest absolute Gasteiger partial charge is 0.351 e. The van der Waals surface area contributed by atoms with Crippen LogP contribution in [0.1, 0.15) is 45.2 Å². The van der Waals surface area contributed by atoms with E-state index in [4.69, 9.17) is 9.26 Å². The first-order valence-corrected chi connectivity index (χ1v) is 9.51. The Bertz CT molecular complexity index is 835. The van der Waals surface area contributed by atoms with E-state index in [0.29, 0.717) is 11.5 Å². The van der Waals surface area contributed by atoms with Gasteiger partial charge < -0.3 is 9.72 Å². The standard InChI is InChI=1S/C15H21N4O5P/c1-4-6-9-10(5-2)23-15(12(9)24-25(21)22)19-7-16-11-13(19)17-8(3)18-14(11)20/h7,9-10,12,15H,4-6H2,1-3H3,(H-,17,18,20,21,22)/p+1/t9?,10-,12+,15-/m1/s1. The molecule has 25 heavy (non-hydrogen) atoms. The minimum absolute atomic E-state index is 0.0216. The van der Waals surface area contributed by atoms with Gasteiger partial charge >= 0.3 is 8.25 Å². The SMILES string of the molecule is CCCC1[C@@H](CC)O[C@@H](n2cnc3c(=O)[nH]c(C)nc32)[C@H]1O[P+](=O)O. The molecule has 10 heteroatoms. The van der Waals surface area contributed by atoms with Crippen LogP contribution in [0.5, 0.6) is 0 Å². The van der Waals surface area contributed by atoms with Gasteiger partial charge in [0.25, 0.3) is 5.56 Å². The van der Waals surface area contributed by atoms with Crippen LogP contribution in [-0.4, -0.2) is 36.6 Å². The summed E-state index contributed by atoms with van der Waals surface area (Å²) in [6, 6.07) is 0. The predicted molar refractivity (Wildman–Crippen MR) is 90.2 cm³/mol. The van der Waals surface area contributed by atoms with E-state index in [1.807, 2.05) is 13.8 Å². The lowest BCUT2D eigenvalue weighted by molar-refractivity contribution is -0.0297. The molecule has 1 saturated heterocycles. The molecule has 2 aromatic rings. The normalized spacial score (nSPS) is 27.1. The average molecular weight is 369 g/mol. The summed E-state index contributed by atoms with van der Waals surface area (Å²) in [4.78, 5) is 32.4. The fourth-order valence-corrected chi connectivity index (χ4v) is 4.01. The fraction of sp³-hybridized carbons (Fsp3) is 0.667. The van der Waals surface area contributed by atoms with Crippen LogP contribution in [-0.2, 0) is 13.8 Å². The Morgan fingerprint density at radius 3 is 2.88 bits per heavy atom. The number of rotatable bonds is 6. The number of aromatic nitrogens is 4. The Hall–Kier alpha value is -1.67. The molecule has 2 unspecified atom stereocenters. The van der Waals surface area contributed by atoms with Gasteiger partial charge in [0, 0.05) is 10.5 Å². The van der Waals surface area contributed by atoms with Crippen LogP contribution in [0.2, 0.25) is 0 Å². The molecular formula is C15H22N4O5P+. The van der Waals surface area contributed by atoms with Crippen LogP contribution in [0.25, 0.3) is 11.2 Å². The predicted octanol–water partition coefficient (Wildman–Crippen LogP) is 2.19. The van der Waals surface area contributed by atoms with Crippen molar-refractivity contribution < 1.29 is 18.7 Å². The van der Waals surface area contributed by atoms with Crippen LogP contribution < -0.4 is 5.56 Å². The topological polar surface area (TPSA) is 119 Å². The van der Waals surface area contributed by atoms with Gasteiger partial charge in [-0.15, -0.1) is 9.42 Å². The molecule has 0 radical (unpaired) electrons. The van der Waals surface area contributed by atoms with E-state index in [-0.39, 0.29) is 23.1 Å². The van der Waals surface area contributed by atoms with Gasteiger partial charge in [0.2, 0.25) is 0 Å². The molecule has 0 bridgehead atoms. The molecular weight excluding hydrogens is 347 g/mol. The van der Waals surface area contributed by atoms with Crippen LogP contribution in [0.15, 0.2) is 11.1 Å². The number of H-pyrrole nitrogens is 1. The average Bonchev–Trinajstić information content (AvgIpc) is 3.09. The van der Waals surface area contributed by atoms with Crippen LogP contribution >= 0.6 is 8.25 Å². The maximum absolute atomic E-state index is 12.0. The summed E-state index contributed by atoms with van der Waals surface area (Å²) >= 11 is 0. The first-order chi connectivity index (χ1) is 12.0. The molecule has 9 nitrogen and oxygen atoms in total. The van der Waals surface area contributed by atoms with Crippen molar-refractivity contribution in [2.45, 2.75) is 58.5 Å². The van der Waals surface area contributed by atoms with Gasteiger partial charge in [0.05, 0.1) is 12.4 Å². The lowest BCUT2D eigenvalue weighted by atomic mass is 9.92. The number of hydrogen-bond donors (Lipinski definition) is 2. The van der Waals surface area contributed by atoms with Gasteiger partial charge in [-0.3, -0.25) is 9.36 Å². The molecule has 1 aliphatic heterocycles. The maximum atomic E-state index is 12.0. The van der Waals surface area contributed by atoms with Gasteiger partial charge in [0.1, 0.15) is 5.82 Å². The van der Waals surface area contributed by atoms with Gasteiger partial charge in [0.15, 0.2) is 23.5 Å². The third-order valence-corrected chi connectivity index (χ3v) is 4.98. The molecule has 136 valence electrons. The molecule has 1 aliphatic rings. The van der Waals surface area contributed by atoms with Crippen molar-refractivity contribution in [3.8, 4) is 0 Å². The monoisotopic (exact) mass is 369 g/mol. The van der Waals surface area contributed by atoms with E-state index in [1.54, 1.807) is 11.5 Å². The van der Waals surface area contributed by atoms with Crippen molar-refractivity contribution in [2.24, 2.45) is 5.92 Å². The number of ether oxygens (including phenoxy) is 1. The second kappa shape index (κ2) is 7.29. The Morgan fingerprint density at radius 2 is 2.24 bits per heavy atom. The van der Waals surface area contributed by atoms with E-state index in [0.717, 1.165) is 19.3 Å². The quantitative estimate of drug-likeness (QED) is 0.749. The number of nitrogens with zero attached hydrogens (tertiary/aromatic N) is 3. The van der Waals surface area contributed by atoms with Gasteiger partial charge in [-0.25, -0.2) is 9.97 Å². The van der Waals surface area contributed by atoms with Crippen molar-refractivity contribution in [2.75, 3.05) is 0 Å².